The predicted molar refractivity (Wildman–Crippen MR) is 74.4 cm³/mol. The third-order valence-corrected chi connectivity index (χ3v) is 3.10. The van der Waals surface area contributed by atoms with Crippen molar-refractivity contribution in [2.45, 2.75) is 32.8 Å². The lowest BCUT2D eigenvalue weighted by Gasteiger charge is -2.18. The monoisotopic (exact) mass is 316 g/mol. The van der Waals surface area contributed by atoms with Gasteiger partial charge in [0.1, 0.15) is 5.60 Å². The first kappa shape index (κ1) is 16.9. The van der Waals surface area contributed by atoms with E-state index in [0.29, 0.717) is 4.88 Å². The molecule has 0 saturated heterocycles. The number of carbonyl (C=O) groups is 3. The van der Waals surface area contributed by atoms with E-state index in [1.807, 2.05) is 0 Å². The van der Waals surface area contributed by atoms with Gasteiger partial charge >= 0.3 is 18.0 Å². The first-order valence-electron chi connectivity index (χ1n) is 5.99. The Bertz CT molecular complexity index is 534. The molecule has 116 valence electrons. The summed E-state index contributed by atoms with van der Waals surface area (Å²) in [5.74, 6) is -4.38. The summed E-state index contributed by atoms with van der Waals surface area (Å²) >= 11 is 1.00. The number of rotatable bonds is 5. The molecule has 9 heteroatoms. The summed E-state index contributed by atoms with van der Waals surface area (Å²) in [6.07, 6.45) is 0.450. The number of amides is 1. The zero-order valence-corrected chi connectivity index (χ0v) is 12.6. The number of aromatic nitrogens is 1. The molecule has 1 aromatic heterocycles. The first-order chi connectivity index (χ1) is 9.58. The van der Waals surface area contributed by atoms with E-state index in [1.165, 1.54) is 6.20 Å². The van der Waals surface area contributed by atoms with Gasteiger partial charge in [-0.25, -0.2) is 9.78 Å². The van der Waals surface area contributed by atoms with Gasteiger partial charge in [0.2, 0.25) is 0 Å². The van der Waals surface area contributed by atoms with Crippen LogP contribution in [0.2, 0.25) is 0 Å². The smallest absolute Gasteiger partial charge is 0.413 e. The molecule has 0 saturated carbocycles. The van der Waals surface area contributed by atoms with Crippen LogP contribution in [0.5, 0.6) is 0 Å². The summed E-state index contributed by atoms with van der Waals surface area (Å²) in [5, 5.41) is 20.2. The molecule has 1 heterocycles. The number of nitrogens with zero attached hydrogens (tertiary/aromatic N) is 1. The predicted octanol–water partition coefficient (Wildman–Crippen LogP) is 1.82. The summed E-state index contributed by atoms with van der Waals surface area (Å²) in [6.45, 7) is 5.14. The lowest BCUT2D eigenvalue weighted by Crippen LogP contribution is -2.27. The molecule has 0 unspecified atom stereocenters. The summed E-state index contributed by atoms with van der Waals surface area (Å²) in [7, 11) is 0. The lowest BCUT2D eigenvalue weighted by molar-refractivity contribution is -0.154. The maximum absolute atomic E-state index is 11.5. The summed E-state index contributed by atoms with van der Waals surface area (Å²) in [6, 6.07) is 0. The highest BCUT2D eigenvalue weighted by Gasteiger charge is 2.27. The number of carbonyl (C=O) groups excluding carboxylic acids is 1. The fraction of sp³-hybridized carbons (Fsp3) is 0.500. The number of aliphatic carboxylic acids is 2. The highest BCUT2D eigenvalue weighted by atomic mass is 32.1. The summed E-state index contributed by atoms with van der Waals surface area (Å²) < 4.78 is 5.04. The molecule has 0 fully saturated rings. The quantitative estimate of drug-likeness (QED) is 0.707. The van der Waals surface area contributed by atoms with Gasteiger partial charge in [0.15, 0.2) is 11.0 Å². The number of carboxylic acids is 2. The number of hydrogen-bond donors (Lipinski definition) is 3. The van der Waals surface area contributed by atoms with Gasteiger partial charge in [0, 0.05) is 17.5 Å². The van der Waals surface area contributed by atoms with Crippen molar-refractivity contribution in [3.63, 3.8) is 0 Å². The minimum absolute atomic E-state index is 0.196. The maximum Gasteiger partial charge on any atom is 0.413 e. The van der Waals surface area contributed by atoms with Gasteiger partial charge in [-0.1, -0.05) is 0 Å². The molecule has 1 rings (SSSR count). The standard InChI is InChI=1S/C12H16N2O6S/c1-12(2,3)20-11(19)14-10-13-5-6(21-10)4-7(8(15)16)9(17)18/h5,7H,4H2,1-3H3,(H,15,16)(H,17,18)(H,13,14,19). The Kier molecular flexibility index (Phi) is 5.25. The highest BCUT2D eigenvalue weighted by Crippen LogP contribution is 2.22. The molecule has 3 N–H and O–H groups in total. The molecular weight excluding hydrogens is 300 g/mol. The summed E-state index contributed by atoms with van der Waals surface area (Å²) in [5.41, 5.74) is -0.651. The average molecular weight is 316 g/mol. The van der Waals surface area contributed by atoms with Crippen LogP contribution in [0.3, 0.4) is 0 Å². The van der Waals surface area contributed by atoms with E-state index < -0.39 is 29.6 Å². The third kappa shape index (κ3) is 5.78. The van der Waals surface area contributed by atoms with E-state index in [2.05, 4.69) is 10.3 Å². The molecule has 0 aliphatic rings. The van der Waals surface area contributed by atoms with Gasteiger partial charge in [-0.3, -0.25) is 14.9 Å². The fourth-order valence-electron chi connectivity index (χ4n) is 1.33. The van der Waals surface area contributed by atoms with E-state index in [1.54, 1.807) is 20.8 Å². The number of thiazole rings is 1. The number of hydrogen-bond acceptors (Lipinski definition) is 6. The van der Waals surface area contributed by atoms with Gasteiger partial charge in [-0.05, 0) is 20.8 Å². The zero-order chi connectivity index (χ0) is 16.2. The van der Waals surface area contributed by atoms with Crippen LogP contribution in [0, 0.1) is 5.92 Å². The molecule has 1 aromatic rings. The molecule has 0 aromatic carbocycles. The molecular formula is C12H16N2O6S. The van der Waals surface area contributed by atoms with Gasteiger partial charge in [-0.2, -0.15) is 0 Å². The molecule has 0 spiro atoms. The Morgan fingerprint density at radius 2 is 1.90 bits per heavy atom. The molecule has 0 bridgehead atoms. The minimum atomic E-state index is -1.54. The van der Waals surface area contributed by atoms with Crippen LogP contribution < -0.4 is 5.32 Å². The van der Waals surface area contributed by atoms with Gasteiger partial charge in [0.05, 0.1) is 0 Å². The van der Waals surface area contributed by atoms with Crippen molar-refractivity contribution in [2.75, 3.05) is 5.32 Å². The molecule has 8 nitrogen and oxygen atoms in total. The van der Waals surface area contributed by atoms with E-state index in [4.69, 9.17) is 14.9 Å². The van der Waals surface area contributed by atoms with E-state index in [0.717, 1.165) is 11.3 Å². The second-order valence-corrected chi connectivity index (χ2v) is 6.31. The molecule has 1 amide bonds. The van der Waals surface area contributed by atoms with Crippen molar-refractivity contribution in [3.05, 3.63) is 11.1 Å². The number of carboxylic acid groups (broad SMARTS) is 2. The van der Waals surface area contributed by atoms with Gasteiger partial charge in [-0.15, -0.1) is 11.3 Å². The largest absolute Gasteiger partial charge is 0.481 e. The SMILES string of the molecule is CC(C)(C)OC(=O)Nc1ncc(CC(C(=O)O)C(=O)O)s1. The van der Waals surface area contributed by atoms with Crippen molar-refractivity contribution in [2.24, 2.45) is 5.92 Å². The highest BCUT2D eigenvalue weighted by molar-refractivity contribution is 7.15. The maximum atomic E-state index is 11.5. The van der Waals surface area contributed by atoms with Crippen molar-refractivity contribution in [1.82, 2.24) is 4.98 Å². The van der Waals surface area contributed by atoms with Crippen LogP contribution in [0.15, 0.2) is 6.20 Å². The second kappa shape index (κ2) is 6.53. The average Bonchev–Trinajstić information content (AvgIpc) is 2.69. The summed E-state index contributed by atoms with van der Waals surface area (Å²) in [4.78, 5) is 37.4. The van der Waals surface area contributed by atoms with Crippen molar-refractivity contribution in [1.29, 1.82) is 0 Å². The Morgan fingerprint density at radius 3 is 2.38 bits per heavy atom. The Morgan fingerprint density at radius 1 is 1.33 bits per heavy atom. The number of anilines is 1. The van der Waals surface area contributed by atoms with Crippen LogP contribution >= 0.6 is 11.3 Å². The Labute approximate surface area is 124 Å². The van der Waals surface area contributed by atoms with E-state index in [9.17, 15) is 14.4 Å². The normalized spacial score (nSPS) is 11.2. The van der Waals surface area contributed by atoms with Crippen molar-refractivity contribution >= 4 is 34.5 Å². The minimum Gasteiger partial charge on any atom is -0.481 e. The molecule has 0 radical (unpaired) electrons. The number of nitrogens with one attached hydrogen (secondary N) is 1. The Balaban J connectivity index is 2.67. The lowest BCUT2D eigenvalue weighted by atomic mass is 10.1. The van der Waals surface area contributed by atoms with Crippen LogP contribution in [-0.2, 0) is 20.7 Å². The fourth-order valence-corrected chi connectivity index (χ4v) is 2.18. The van der Waals surface area contributed by atoms with Crippen LogP contribution in [0.25, 0.3) is 0 Å². The second-order valence-electron chi connectivity index (χ2n) is 5.19. The van der Waals surface area contributed by atoms with Crippen molar-refractivity contribution in [3.8, 4) is 0 Å². The molecule has 0 atom stereocenters. The van der Waals surface area contributed by atoms with E-state index >= 15 is 0 Å². The van der Waals surface area contributed by atoms with Crippen LogP contribution in [-0.4, -0.2) is 38.8 Å². The molecule has 0 aliphatic heterocycles. The van der Waals surface area contributed by atoms with Crippen molar-refractivity contribution < 1.29 is 29.3 Å². The topological polar surface area (TPSA) is 126 Å². The molecule has 21 heavy (non-hydrogen) atoms. The van der Waals surface area contributed by atoms with Gasteiger partial charge < -0.3 is 14.9 Å². The van der Waals surface area contributed by atoms with Crippen LogP contribution in [0.4, 0.5) is 9.93 Å². The molecule has 0 aliphatic carbocycles. The number of ether oxygens (including phenoxy) is 1. The Hall–Kier alpha value is -2.16. The van der Waals surface area contributed by atoms with E-state index in [-0.39, 0.29) is 11.6 Å². The van der Waals surface area contributed by atoms with Crippen LogP contribution in [0.1, 0.15) is 25.6 Å². The third-order valence-electron chi connectivity index (χ3n) is 2.16. The first-order valence-corrected chi connectivity index (χ1v) is 6.80. The van der Waals surface area contributed by atoms with Gasteiger partial charge in [0.25, 0.3) is 0 Å². The zero-order valence-electron chi connectivity index (χ0n) is 11.7.